The molecule has 0 bridgehead atoms. The molecule has 0 saturated heterocycles. The summed E-state index contributed by atoms with van der Waals surface area (Å²) in [6.07, 6.45) is -0.00861. The second kappa shape index (κ2) is 11.3. The Morgan fingerprint density at radius 3 is 2.46 bits per heavy atom. The summed E-state index contributed by atoms with van der Waals surface area (Å²) in [5.74, 6) is -1.06. The summed E-state index contributed by atoms with van der Waals surface area (Å²) >= 11 is 0. The third-order valence-electron chi connectivity index (χ3n) is 6.18. The number of hydrogen-bond donors (Lipinski definition) is 3. The zero-order valence-corrected chi connectivity index (χ0v) is 20.3. The fraction of sp³-hybridized carbons (Fsp3) is 0.179. The van der Waals surface area contributed by atoms with Crippen LogP contribution in [0.15, 0.2) is 77.8 Å². The Labute approximate surface area is 214 Å². The number of amides is 2. The molecule has 1 aliphatic heterocycles. The lowest BCUT2D eigenvalue weighted by Crippen LogP contribution is -2.45. The van der Waals surface area contributed by atoms with Gasteiger partial charge in [0.15, 0.2) is 0 Å². The zero-order chi connectivity index (χ0) is 26.4. The third kappa shape index (κ3) is 5.72. The van der Waals surface area contributed by atoms with Gasteiger partial charge in [-0.3, -0.25) is 19.8 Å². The normalized spacial score (nSPS) is 14.7. The number of aliphatic imine (C=N–C) groups is 1. The van der Waals surface area contributed by atoms with Crippen molar-refractivity contribution >= 4 is 35.5 Å². The van der Waals surface area contributed by atoms with Crippen molar-refractivity contribution in [2.75, 3.05) is 13.7 Å². The van der Waals surface area contributed by atoms with Crippen molar-refractivity contribution in [1.82, 2.24) is 10.2 Å². The molecule has 9 heteroatoms. The number of hydrogen-bond acceptors (Lipinski definition) is 6. The van der Waals surface area contributed by atoms with Gasteiger partial charge in [-0.25, -0.2) is 4.99 Å². The summed E-state index contributed by atoms with van der Waals surface area (Å²) in [7, 11) is 1.26. The number of benzene rings is 3. The van der Waals surface area contributed by atoms with Crippen molar-refractivity contribution in [3.05, 3.63) is 89.5 Å². The Hall–Kier alpha value is -4.79. The summed E-state index contributed by atoms with van der Waals surface area (Å²) < 4.78 is 4.79. The van der Waals surface area contributed by atoms with Crippen LogP contribution in [0, 0.1) is 5.41 Å². The molecule has 1 aliphatic rings. The molecule has 0 aromatic heterocycles. The predicted octanol–water partition coefficient (Wildman–Crippen LogP) is 3.10. The van der Waals surface area contributed by atoms with E-state index in [9.17, 15) is 14.4 Å². The first-order valence-corrected chi connectivity index (χ1v) is 11.7. The van der Waals surface area contributed by atoms with E-state index in [-0.39, 0.29) is 24.5 Å². The predicted molar refractivity (Wildman–Crippen MR) is 140 cm³/mol. The maximum absolute atomic E-state index is 13.6. The van der Waals surface area contributed by atoms with Crippen LogP contribution >= 0.6 is 0 Å². The Bertz CT molecular complexity index is 1350. The summed E-state index contributed by atoms with van der Waals surface area (Å²) in [6.45, 7) is 0.283. The number of carbonyl (C=O) groups is 3. The van der Waals surface area contributed by atoms with Crippen molar-refractivity contribution in [1.29, 1.82) is 5.41 Å². The van der Waals surface area contributed by atoms with Gasteiger partial charge in [-0.2, -0.15) is 0 Å². The molecule has 0 radical (unpaired) electrons. The van der Waals surface area contributed by atoms with Gasteiger partial charge in [-0.15, -0.1) is 0 Å². The van der Waals surface area contributed by atoms with E-state index in [1.54, 1.807) is 18.2 Å². The van der Waals surface area contributed by atoms with Gasteiger partial charge in [0.2, 0.25) is 6.41 Å². The minimum absolute atomic E-state index is 0.0243. The van der Waals surface area contributed by atoms with Crippen LogP contribution < -0.4 is 11.1 Å². The molecule has 3 aromatic rings. The first-order chi connectivity index (χ1) is 17.9. The molecule has 0 spiro atoms. The maximum Gasteiger partial charge on any atom is 0.311 e. The average Bonchev–Trinajstić information content (AvgIpc) is 3.02. The molecule has 1 atom stereocenters. The van der Waals surface area contributed by atoms with Crippen molar-refractivity contribution in [2.24, 2.45) is 10.7 Å². The van der Waals surface area contributed by atoms with Crippen LogP contribution in [0.1, 0.15) is 29.3 Å². The van der Waals surface area contributed by atoms with E-state index in [2.05, 4.69) is 10.3 Å². The minimum atomic E-state index is -0.806. The minimum Gasteiger partial charge on any atom is -0.469 e. The van der Waals surface area contributed by atoms with Gasteiger partial charge in [0.25, 0.3) is 5.91 Å². The molecule has 2 amide bonds. The largest absolute Gasteiger partial charge is 0.469 e. The van der Waals surface area contributed by atoms with E-state index in [0.29, 0.717) is 29.6 Å². The SMILES string of the molecule is COC(=O)CC1=Nc2ccc(-c3ccc(C(=N)N)cc3)cc2C(NC=O)N(CCc2ccccc2)C1=O. The van der Waals surface area contributed by atoms with Gasteiger partial charge < -0.3 is 20.7 Å². The number of nitrogens with zero attached hydrogens (tertiary/aromatic N) is 2. The molecule has 1 heterocycles. The van der Waals surface area contributed by atoms with Gasteiger partial charge in [-0.05, 0) is 35.2 Å². The first kappa shape index (κ1) is 25.3. The van der Waals surface area contributed by atoms with Crippen LogP contribution in [0.3, 0.4) is 0 Å². The molecular formula is C28H27N5O4. The van der Waals surface area contributed by atoms with Gasteiger partial charge in [0.1, 0.15) is 17.7 Å². The van der Waals surface area contributed by atoms with E-state index < -0.39 is 18.0 Å². The van der Waals surface area contributed by atoms with Gasteiger partial charge >= 0.3 is 5.97 Å². The zero-order valence-electron chi connectivity index (χ0n) is 20.3. The van der Waals surface area contributed by atoms with Crippen LogP contribution in [0.5, 0.6) is 0 Å². The van der Waals surface area contributed by atoms with Crippen LogP contribution in [-0.4, -0.2) is 48.4 Å². The molecule has 4 N–H and O–H groups in total. The number of methoxy groups -OCH3 is 1. The van der Waals surface area contributed by atoms with Crippen LogP contribution in [0.2, 0.25) is 0 Å². The number of nitrogen functional groups attached to an aromatic ring is 1. The second-order valence-corrected chi connectivity index (χ2v) is 8.50. The van der Waals surface area contributed by atoms with Gasteiger partial charge in [0, 0.05) is 17.7 Å². The highest BCUT2D eigenvalue weighted by Gasteiger charge is 2.34. The number of ether oxygens (including phenoxy) is 1. The monoisotopic (exact) mass is 497 g/mol. The molecule has 3 aromatic carbocycles. The summed E-state index contributed by atoms with van der Waals surface area (Å²) in [5, 5.41) is 10.4. The van der Waals surface area contributed by atoms with E-state index in [4.69, 9.17) is 15.9 Å². The fourth-order valence-electron chi connectivity index (χ4n) is 4.23. The lowest BCUT2D eigenvalue weighted by atomic mass is 9.99. The number of fused-ring (bicyclic) bond motifs is 1. The highest BCUT2D eigenvalue weighted by Crippen LogP contribution is 2.35. The van der Waals surface area contributed by atoms with Crippen LogP contribution in [-0.2, 0) is 25.5 Å². The molecule has 9 nitrogen and oxygen atoms in total. The number of nitrogens with one attached hydrogen (secondary N) is 2. The van der Waals surface area contributed by atoms with E-state index in [0.717, 1.165) is 16.7 Å². The Balaban J connectivity index is 1.78. The van der Waals surface area contributed by atoms with Crippen LogP contribution in [0.4, 0.5) is 5.69 Å². The quantitative estimate of drug-likeness (QED) is 0.181. The number of amidine groups is 1. The second-order valence-electron chi connectivity index (χ2n) is 8.50. The molecule has 0 saturated carbocycles. The van der Waals surface area contributed by atoms with Gasteiger partial charge in [-0.1, -0.05) is 60.7 Å². The Morgan fingerprint density at radius 2 is 1.81 bits per heavy atom. The van der Waals surface area contributed by atoms with E-state index >= 15 is 0 Å². The van der Waals surface area contributed by atoms with Crippen molar-refractivity contribution < 1.29 is 19.1 Å². The van der Waals surface area contributed by atoms with Gasteiger partial charge in [0.05, 0.1) is 19.2 Å². The fourth-order valence-corrected chi connectivity index (χ4v) is 4.23. The maximum atomic E-state index is 13.6. The van der Waals surface area contributed by atoms with Crippen molar-refractivity contribution in [3.63, 3.8) is 0 Å². The molecule has 1 unspecified atom stereocenters. The van der Waals surface area contributed by atoms with Crippen LogP contribution in [0.25, 0.3) is 11.1 Å². The molecule has 0 fully saturated rings. The number of carbonyl (C=O) groups excluding carboxylic acids is 3. The highest BCUT2D eigenvalue weighted by molar-refractivity contribution is 6.42. The highest BCUT2D eigenvalue weighted by atomic mass is 16.5. The standard InChI is InChI=1S/C28H27N5O4/c1-37-25(35)16-24-28(36)33(14-13-18-5-3-2-4-6-18)27(31-17-34)22-15-21(11-12-23(22)32-24)19-7-9-20(10-8-19)26(29)30/h2-12,15,17,27H,13-14,16H2,1H3,(H3,29,30)(H,31,34). The molecule has 37 heavy (non-hydrogen) atoms. The lowest BCUT2D eigenvalue weighted by Gasteiger charge is -2.31. The summed E-state index contributed by atoms with van der Waals surface area (Å²) in [5.41, 5.74) is 10.0. The third-order valence-corrected chi connectivity index (χ3v) is 6.18. The lowest BCUT2D eigenvalue weighted by molar-refractivity contribution is -0.140. The smallest absolute Gasteiger partial charge is 0.311 e. The van der Waals surface area contributed by atoms with Crippen molar-refractivity contribution in [3.8, 4) is 11.1 Å². The molecule has 4 rings (SSSR count). The Morgan fingerprint density at radius 1 is 1.11 bits per heavy atom. The number of rotatable bonds is 9. The van der Waals surface area contributed by atoms with Crippen molar-refractivity contribution in [2.45, 2.75) is 19.0 Å². The topological polar surface area (TPSA) is 138 Å². The Kier molecular flexibility index (Phi) is 7.73. The number of esters is 1. The first-order valence-electron chi connectivity index (χ1n) is 11.7. The van der Waals surface area contributed by atoms with E-state index in [1.807, 2.05) is 54.6 Å². The number of nitrogens with two attached hydrogens (primary N) is 1. The summed E-state index contributed by atoms with van der Waals surface area (Å²) in [6, 6.07) is 22.4. The summed E-state index contributed by atoms with van der Waals surface area (Å²) in [4.78, 5) is 43.5. The average molecular weight is 498 g/mol. The molecular weight excluding hydrogens is 470 g/mol. The molecule has 0 aliphatic carbocycles. The van der Waals surface area contributed by atoms with E-state index in [1.165, 1.54) is 12.0 Å². The molecule has 188 valence electrons.